The van der Waals surface area contributed by atoms with E-state index >= 15 is 0 Å². The molecule has 1 heterocycles. The quantitative estimate of drug-likeness (QED) is 0.785. The SMILES string of the molecule is NC(=O)[C@@H]1CCCC[C@H]1NC(=O)Nc1ccccc1N1CCCCC1. The molecule has 0 spiro atoms. The number of benzene rings is 1. The Morgan fingerprint density at radius 2 is 1.72 bits per heavy atom. The van der Waals surface area contributed by atoms with Gasteiger partial charge in [0.2, 0.25) is 5.91 Å². The molecule has 1 saturated heterocycles. The molecule has 1 aliphatic heterocycles. The molecule has 1 aromatic rings. The summed E-state index contributed by atoms with van der Waals surface area (Å²) in [5.74, 6) is -0.587. The zero-order valence-electron chi connectivity index (χ0n) is 14.7. The molecule has 2 aliphatic rings. The minimum Gasteiger partial charge on any atom is -0.370 e. The van der Waals surface area contributed by atoms with Gasteiger partial charge in [0.25, 0.3) is 0 Å². The lowest BCUT2D eigenvalue weighted by atomic mass is 9.84. The Bertz CT molecular complexity index is 613. The van der Waals surface area contributed by atoms with Crippen molar-refractivity contribution in [3.05, 3.63) is 24.3 Å². The summed E-state index contributed by atoms with van der Waals surface area (Å²) in [4.78, 5) is 26.4. The van der Waals surface area contributed by atoms with Crippen molar-refractivity contribution in [1.29, 1.82) is 0 Å². The fourth-order valence-corrected chi connectivity index (χ4v) is 3.96. The molecule has 3 amide bonds. The van der Waals surface area contributed by atoms with Gasteiger partial charge in [0.1, 0.15) is 0 Å². The van der Waals surface area contributed by atoms with Crippen molar-refractivity contribution in [3.63, 3.8) is 0 Å². The Kier molecular flexibility index (Phi) is 5.79. The lowest BCUT2D eigenvalue weighted by molar-refractivity contribution is -0.123. The Morgan fingerprint density at radius 3 is 2.48 bits per heavy atom. The van der Waals surface area contributed by atoms with Crippen molar-refractivity contribution in [2.24, 2.45) is 11.7 Å². The minimum atomic E-state index is -0.321. The Labute approximate surface area is 149 Å². The predicted octanol–water partition coefficient (Wildman–Crippen LogP) is 2.84. The molecule has 0 bridgehead atoms. The summed E-state index contributed by atoms with van der Waals surface area (Å²) in [6, 6.07) is 7.47. The van der Waals surface area contributed by atoms with Crippen LogP contribution >= 0.6 is 0 Å². The highest BCUT2D eigenvalue weighted by atomic mass is 16.2. The van der Waals surface area contributed by atoms with Crippen molar-refractivity contribution in [3.8, 4) is 0 Å². The number of carbonyl (C=O) groups is 2. The molecule has 6 nitrogen and oxygen atoms in total. The van der Waals surface area contributed by atoms with Crippen LogP contribution < -0.4 is 21.3 Å². The molecule has 0 unspecified atom stereocenters. The van der Waals surface area contributed by atoms with Crippen LogP contribution in [0.4, 0.5) is 16.2 Å². The van der Waals surface area contributed by atoms with Crippen LogP contribution in [0.2, 0.25) is 0 Å². The normalized spacial score (nSPS) is 23.8. The number of hydrogen-bond donors (Lipinski definition) is 3. The van der Waals surface area contributed by atoms with Crippen LogP contribution in [-0.4, -0.2) is 31.1 Å². The molecule has 0 aromatic heterocycles. The molecule has 25 heavy (non-hydrogen) atoms. The zero-order valence-corrected chi connectivity index (χ0v) is 14.7. The van der Waals surface area contributed by atoms with Crippen LogP contribution in [0.5, 0.6) is 0 Å². The van der Waals surface area contributed by atoms with Crippen molar-refractivity contribution in [2.75, 3.05) is 23.3 Å². The number of primary amides is 1. The molecule has 4 N–H and O–H groups in total. The van der Waals surface area contributed by atoms with E-state index in [1.807, 2.05) is 24.3 Å². The molecule has 0 radical (unpaired) electrons. The first-order chi connectivity index (χ1) is 12.1. The number of para-hydroxylation sites is 2. The second-order valence-electron chi connectivity index (χ2n) is 7.06. The molecule has 136 valence electrons. The van der Waals surface area contributed by atoms with Gasteiger partial charge in [-0.05, 0) is 44.2 Å². The molecule has 1 aromatic carbocycles. The standard InChI is InChI=1S/C19H28N4O2/c20-18(24)14-8-2-3-9-15(14)21-19(25)22-16-10-4-5-11-17(16)23-12-6-1-7-13-23/h4-5,10-11,14-15H,1-3,6-9,12-13H2,(H2,20,24)(H2,21,22,25)/t14-,15-/m1/s1. The molecule has 1 aliphatic carbocycles. The first-order valence-electron chi connectivity index (χ1n) is 9.36. The predicted molar refractivity (Wildman–Crippen MR) is 99.6 cm³/mol. The molecule has 1 saturated carbocycles. The number of nitrogens with zero attached hydrogens (tertiary/aromatic N) is 1. The number of rotatable bonds is 4. The van der Waals surface area contributed by atoms with Crippen LogP contribution in [0.15, 0.2) is 24.3 Å². The first kappa shape index (κ1) is 17.6. The van der Waals surface area contributed by atoms with Crippen LogP contribution in [-0.2, 0) is 4.79 Å². The van der Waals surface area contributed by atoms with Gasteiger partial charge in [0.15, 0.2) is 0 Å². The fourth-order valence-electron chi connectivity index (χ4n) is 3.96. The molecule has 2 fully saturated rings. The Hall–Kier alpha value is -2.24. The largest absolute Gasteiger partial charge is 0.370 e. The Balaban J connectivity index is 1.65. The highest BCUT2D eigenvalue weighted by Crippen LogP contribution is 2.29. The average molecular weight is 344 g/mol. The van der Waals surface area contributed by atoms with Crippen molar-refractivity contribution >= 4 is 23.3 Å². The van der Waals surface area contributed by atoms with Gasteiger partial charge in [-0.3, -0.25) is 4.79 Å². The summed E-state index contributed by atoms with van der Waals surface area (Å²) in [7, 11) is 0. The summed E-state index contributed by atoms with van der Waals surface area (Å²) in [6.45, 7) is 2.04. The van der Waals surface area contributed by atoms with Gasteiger partial charge < -0.3 is 21.3 Å². The maximum absolute atomic E-state index is 12.5. The number of amides is 3. The third-order valence-corrected chi connectivity index (χ3v) is 5.30. The van der Waals surface area contributed by atoms with E-state index in [1.165, 1.54) is 19.3 Å². The molecule has 6 heteroatoms. The molecule has 2 atom stereocenters. The second kappa shape index (κ2) is 8.23. The van der Waals surface area contributed by atoms with Gasteiger partial charge in [-0.2, -0.15) is 0 Å². The number of nitrogens with one attached hydrogen (secondary N) is 2. The van der Waals surface area contributed by atoms with E-state index in [0.29, 0.717) is 0 Å². The van der Waals surface area contributed by atoms with E-state index in [4.69, 9.17) is 5.73 Å². The van der Waals surface area contributed by atoms with Crippen LogP contribution in [0.3, 0.4) is 0 Å². The number of anilines is 2. The lowest BCUT2D eigenvalue weighted by Crippen LogP contribution is -2.48. The average Bonchev–Trinajstić information content (AvgIpc) is 2.63. The topological polar surface area (TPSA) is 87.5 Å². The van der Waals surface area contributed by atoms with Crippen molar-refractivity contribution in [1.82, 2.24) is 5.32 Å². The maximum atomic E-state index is 12.5. The second-order valence-corrected chi connectivity index (χ2v) is 7.06. The van der Waals surface area contributed by atoms with E-state index in [2.05, 4.69) is 15.5 Å². The van der Waals surface area contributed by atoms with Crippen molar-refractivity contribution in [2.45, 2.75) is 51.0 Å². The van der Waals surface area contributed by atoms with E-state index in [9.17, 15) is 9.59 Å². The summed E-state index contributed by atoms with van der Waals surface area (Å²) in [5.41, 5.74) is 7.37. The number of piperidine rings is 1. The number of hydrogen-bond acceptors (Lipinski definition) is 3. The van der Waals surface area contributed by atoms with Gasteiger partial charge in [-0.25, -0.2) is 4.79 Å². The smallest absolute Gasteiger partial charge is 0.319 e. The Morgan fingerprint density at radius 1 is 1.00 bits per heavy atom. The summed E-state index contributed by atoms with van der Waals surface area (Å²) < 4.78 is 0. The van der Waals surface area contributed by atoms with Gasteiger partial charge in [-0.1, -0.05) is 25.0 Å². The van der Waals surface area contributed by atoms with E-state index in [0.717, 1.165) is 50.1 Å². The minimum absolute atomic E-state index is 0.173. The van der Waals surface area contributed by atoms with Gasteiger partial charge in [0, 0.05) is 19.1 Å². The monoisotopic (exact) mass is 344 g/mol. The summed E-state index contributed by atoms with van der Waals surface area (Å²) >= 11 is 0. The van der Waals surface area contributed by atoms with Crippen LogP contribution in [0, 0.1) is 5.92 Å². The summed E-state index contributed by atoms with van der Waals surface area (Å²) in [6.07, 6.45) is 7.19. The number of carbonyl (C=O) groups excluding carboxylic acids is 2. The third kappa shape index (κ3) is 4.44. The molecule has 3 rings (SSSR count). The van der Waals surface area contributed by atoms with Gasteiger partial charge in [0.05, 0.1) is 17.3 Å². The third-order valence-electron chi connectivity index (χ3n) is 5.30. The van der Waals surface area contributed by atoms with E-state index in [1.54, 1.807) is 0 Å². The van der Waals surface area contributed by atoms with Crippen LogP contribution in [0.1, 0.15) is 44.9 Å². The molecular weight excluding hydrogens is 316 g/mol. The highest BCUT2D eigenvalue weighted by molar-refractivity contribution is 5.93. The molecular formula is C19H28N4O2. The van der Waals surface area contributed by atoms with E-state index < -0.39 is 0 Å². The number of urea groups is 1. The summed E-state index contributed by atoms with van der Waals surface area (Å²) in [5, 5.41) is 5.93. The van der Waals surface area contributed by atoms with Gasteiger partial charge in [-0.15, -0.1) is 0 Å². The first-order valence-corrected chi connectivity index (χ1v) is 9.36. The van der Waals surface area contributed by atoms with E-state index in [-0.39, 0.29) is 23.9 Å². The van der Waals surface area contributed by atoms with Crippen molar-refractivity contribution < 1.29 is 9.59 Å². The van der Waals surface area contributed by atoms with Gasteiger partial charge >= 0.3 is 6.03 Å². The fraction of sp³-hybridized carbons (Fsp3) is 0.579. The highest BCUT2D eigenvalue weighted by Gasteiger charge is 2.30. The lowest BCUT2D eigenvalue weighted by Gasteiger charge is -2.32. The number of nitrogens with two attached hydrogens (primary N) is 1. The maximum Gasteiger partial charge on any atom is 0.319 e. The van der Waals surface area contributed by atoms with Crippen LogP contribution in [0.25, 0.3) is 0 Å². The zero-order chi connectivity index (χ0) is 17.6.